The number of para-hydroxylation sites is 1. The Hall–Kier alpha value is -2.31. The fraction of sp³-hybridized carbons (Fsp3) is 0.381. The van der Waals surface area contributed by atoms with E-state index in [0.29, 0.717) is 56.5 Å². The van der Waals surface area contributed by atoms with Crippen molar-refractivity contribution in [2.75, 3.05) is 55.6 Å². The highest BCUT2D eigenvalue weighted by molar-refractivity contribution is 6.31. The van der Waals surface area contributed by atoms with Gasteiger partial charge in [0.15, 0.2) is 0 Å². The molecule has 0 radical (unpaired) electrons. The number of hydrogen-bond acceptors (Lipinski definition) is 4. The fourth-order valence-corrected chi connectivity index (χ4v) is 4.34. The minimum absolute atomic E-state index is 0.122. The Morgan fingerprint density at radius 1 is 1.11 bits per heavy atom. The lowest BCUT2D eigenvalue weighted by molar-refractivity contribution is -0.132. The predicted octanol–water partition coefficient (Wildman–Crippen LogP) is 2.69. The third-order valence-corrected chi connectivity index (χ3v) is 5.83. The molecule has 2 aliphatic heterocycles. The quantitative estimate of drug-likeness (QED) is 0.854. The Bertz CT molecular complexity index is 869. The van der Waals surface area contributed by atoms with Crippen molar-refractivity contribution >= 4 is 28.9 Å². The lowest BCUT2D eigenvalue weighted by Gasteiger charge is -2.37. The number of carbonyl (C=O) groups is 1. The smallest absolute Gasteiger partial charge is 0.232 e. The number of halogens is 2. The van der Waals surface area contributed by atoms with Crippen molar-refractivity contribution in [3.8, 4) is 0 Å². The van der Waals surface area contributed by atoms with E-state index in [-0.39, 0.29) is 17.6 Å². The zero-order chi connectivity index (χ0) is 19.7. The van der Waals surface area contributed by atoms with Gasteiger partial charge in [0.1, 0.15) is 5.82 Å². The number of anilines is 2. The van der Waals surface area contributed by atoms with Crippen LogP contribution in [0.3, 0.4) is 0 Å². The number of amides is 1. The normalized spacial score (nSPS) is 19.1. The van der Waals surface area contributed by atoms with Crippen molar-refractivity contribution in [1.29, 1.82) is 0 Å². The van der Waals surface area contributed by atoms with Crippen LogP contribution in [0.25, 0.3) is 0 Å². The standard InChI is InChI=1S/C21H24ClFN4O/c22-15-5-6-16-17(14-27(8-7-24)20(16)13-15)21(28)26-11-9-25(10-12-26)19-4-2-1-3-18(19)23/h1-6,13,17H,7-12,14,24H2. The maximum atomic E-state index is 14.0. The summed E-state index contributed by atoms with van der Waals surface area (Å²) in [5, 5.41) is 0.660. The van der Waals surface area contributed by atoms with Gasteiger partial charge in [0, 0.05) is 56.5 Å². The summed E-state index contributed by atoms with van der Waals surface area (Å²) in [6.45, 7) is 4.26. The van der Waals surface area contributed by atoms with E-state index in [0.717, 1.165) is 11.3 Å². The lowest BCUT2D eigenvalue weighted by atomic mass is 9.99. The molecule has 4 rings (SSSR count). The molecule has 0 aliphatic carbocycles. The molecule has 2 aromatic rings. The topological polar surface area (TPSA) is 52.8 Å². The van der Waals surface area contributed by atoms with Crippen LogP contribution in [0, 0.1) is 5.82 Å². The van der Waals surface area contributed by atoms with Gasteiger partial charge in [-0.05, 0) is 29.8 Å². The summed E-state index contributed by atoms with van der Waals surface area (Å²) in [4.78, 5) is 19.3. The number of hydrogen-bond donors (Lipinski definition) is 1. The molecular formula is C21H24ClFN4O. The van der Waals surface area contributed by atoms with Crippen LogP contribution in [-0.4, -0.2) is 56.6 Å². The fourth-order valence-electron chi connectivity index (χ4n) is 4.18. The van der Waals surface area contributed by atoms with Crippen LogP contribution in [0.1, 0.15) is 11.5 Å². The zero-order valence-corrected chi connectivity index (χ0v) is 16.4. The first kappa shape index (κ1) is 19.0. The van der Waals surface area contributed by atoms with E-state index in [4.69, 9.17) is 17.3 Å². The van der Waals surface area contributed by atoms with Crippen LogP contribution in [0.2, 0.25) is 5.02 Å². The van der Waals surface area contributed by atoms with Gasteiger partial charge in [0.05, 0.1) is 11.6 Å². The molecule has 1 saturated heterocycles. The molecule has 2 N–H and O–H groups in total. The summed E-state index contributed by atoms with van der Waals surface area (Å²) in [6.07, 6.45) is 0. The summed E-state index contributed by atoms with van der Waals surface area (Å²) >= 11 is 6.16. The maximum Gasteiger partial charge on any atom is 0.232 e. The molecule has 2 aromatic carbocycles. The van der Waals surface area contributed by atoms with Gasteiger partial charge in [0.2, 0.25) is 5.91 Å². The Morgan fingerprint density at radius 2 is 1.86 bits per heavy atom. The van der Waals surface area contributed by atoms with Crippen molar-refractivity contribution in [2.24, 2.45) is 5.73 Å². The molecule has 148 valence electrons. The van der Waals surface area contributed by atoms with E-state index in [1.54, 1.807) is 12.1 Å². The molecule has 1 unspecified atom stereocenters. The van der Waals surface area contributed by atoms with Gasteiger partial charge in [-0.2, -0.15) is 0 Å². The minimum Gasteiger partial charge on any atom is -0.369 e. The molecule has 0 saturated carbocycles. The van der Waals surface area contributed by atoms with Crippen molar-refractivity contribution in [3.05, 3.63) is 58.9 Å². The number of piperazine rings is 1. The molecular weight excluding hydrogens is 379 g/mol. The van der Waals surface area contributed by atoms with Crippen LogP contribution in [0.4, 0.5) is 15.8 Å². The van der Waals surface area contributed by atoms with E-state index < -0.39 is 0 Å². The second kappa shape index (κ2) is 7.97. The average Bonchev–Trinajstić information content (AvgIpc) is 3.06. The van der Waals surface area contributed by atoms with Gasteiger partial charge in [0.25, 0.3) is 0 Å². The lowest BCUT2D eigenvalue weighted by Crippen LogP contribution is -2.50. The first-order valence-corrected chi connectivity index (χ1v) is 9.99. The minimum atomic E-state index is -0.221. The molecule has 1 fully saturated rings. The number of nitrogens with zero attached hydrogens (tertiary/aromatic N) is 3. The van der Waals surface area contributed by atoms with E-state index in [1.807, 2.05) is 34.1 Å². The second-order valence-corrected chi connectivity index (χ2v) is 7.69. The Balaban J connectivity index is 1.47. The van der Waals surface area contributed by atoms with E-state index in [9.17, 15) is 9.18 Å². The monoisotopic (exact) mass is 402 g/mol. The SMILES string of the molecule is NCCN1CC(C(=O)N2CCN(c3ccccc3F)CC2)c2ccc(Cl)cc21. The molecule has 2 aliphatic rings. The van der Waals surface area contributed by atoms with E-state index in [2.05, 4.69) is 4.90 Å². The molecule has 5 nitrogen and oxygen atoms in total. The number of benzene rings is 2. The van der Waals surface area contributed by atoms with Crippen LogP contribution in [0.5, 0.6) is 0 Å². The summed E-state index contributed by atoms with van der Waals surface area (Å²) in [6, 6.07) is 12.5. The van der Waals surface area contributed by atoms with Crippen molar-refractivity contribution in [3.63, 3.8) is 0 Å². The second-order valence-electron chi connectivity index (χ2n) is 7.25. The van der Waals surface area contributed by atoms with Crippen LogP contribution in [-0.2, 0) is 4.79 Å². The summed E-state index contributed by atoms with van der Waals surface area (Å²) in [5.41, 5.74) is 8.36. The number of carbonyl (C=O) groups excluding carboxylic acids is 1. The molecule has 0 aromatic heterocycles. The Kier molecular flexibility index (Phi) is 5.42. The van der Waals surface area contributed by atoms with E-state index >= 15 is 0 Å². The largest absolute Gasteiger partial charge is 0.369 e. The third kappa shape index (κ3) is 3.54. The Labute approximate surface area is 169 Å². The van der Waals surface area contributed by atoms with Gasteiger partial charge in [-0.1, -0.05) is 29.8 Å². The van der Waals surface area contributed by atoms with Crippen LogP contribution >= 0.6 is 11.6 Å². The van der Waals surface area contributed by atoms with Crippen LogP contribution in [0.15, 0.2) is 42.5 Å². The predicted molar refractivity (Wildman–Crippen MR) is 111 cm³/mol. The molecule has 0 spiro atoms. The van der Waals surface area contributed by atoms with Gasteiger partial charge in [-0.3, -0.25) is 4.79 Å². The Morgan fingerprint density at radius 3 is 2.57 bits per heavy atom. The van der Waals surface area contributed by atoms with Crippen molar-refractivity contribution in [2.45, 2.75) is 5.92 Å². The third-order valence-electron chi connectivity index (χ3n) is 5.59. The highest BCUT2D eigenvalue weighted by Gasteiger charge is 2.36. The molecule has 7 heteroatoms. The molecule has 28 heavy (non-hydrogen) atoms. The first-order chi connectivity index (χ1) is 13.6. The first-order valence-electron chi connectivity index (χ1n) is 9.61. The molecule has 1 atom stereocenters. The number of rotatable bonds is 4. The van der Waals surface area contributed by atoms with Gasteiger partial charge >= 0.3 is 0 Å². The zero-order valence-electron chi connectivity index (χ0n) is 15.7. The highest BCUT2D eigenvalue weighted by Crippen LogP contribution is 2.39. The summed E-state index contributed by atoms with van der Waals surface area (Å²) in [5.74, 6) is -0.309. The van der Waals surface area contributed by atoms with E-state index in [1.165, 1.54) is 6.07 Å². The van der Waals surface area contributed by atoms with Gasteiger partial charge < -0.3 is 20.4 Å². The average molecular weight is 403 g/mol. The number of nitrogens with two attached hydrogens (primary N) is 1. The van der Waals surface area contributed by atoms with Crippen LogP contribution < -0.4 is 15.5 Å². The summed E-state index contributed by atoms with van der Waals surface area (Å²) in [7, 11) is 0. The molecule has 0 bridgehead atoms. The molecule has 1 amide bonds. The van der Waals surface area contributed by atoms with Crippen molar-refractivity contribution in [1.82, 2.24) is 4.90 Å². The summed E-state index contributed by atoms with van der Waals surface area (Å²) < 4.78 is 14.0. The number of fused-ring (bicyclic) bond motifs is 1. The maximum absolute atomic E-state index is 14.0. The van der Waals surface area contributed by atoms with Crippen molar-refractivity contribution < 1.29 is 9.18 Å². The van der Waals surface area contributed by atoms with Gasteiger partial charge in [-0.25, -0.2) is 4.39 Å². The van der Waals surface area contributed by atoms with Gasteiger partial charge in [-0.15, -0.1) is 0 Å². The molecule has 2 heterocycles. The highest BCUT2D eigenvalue weighted by atomic mass is 35.5.